The normalized spacial score (nSPS) is 37.9. The molecule has 1 saturated carbocycles. The predicted octanol–water partition coefficient (Wildman–Crippen LogP) is 2.55. The van der Waals surface area contributed by atoms with Gasteiger partial charge in [-0.2, -0.15) is 0 Å². The number of unbranched alkanes of at least 4 members (excludes halogenated alkanes) is 1. The highest BCUT2D eigenvalue weighted by Crippen LogP contribution is 2.33. The molecule has 1 heteroatoms. The first kappa shape index (κ1) is 9.05. The summed E-state index contributed by atoms with van der Waals surface area (Å²) in [5.41, 5.74) is 5.94. The van der Waals surface area contributed by atoms with Gasteiger partial charge in [0.25, 0.3) is 0 Å². The summed E-state index contributed by atoms with van der Waals surface area (Å²) in [6.45, 7) is 4.58. The van der Waals surface area contributed by atoms with Crippen LogP contribution in [0.1, 0.15) is 46.0 Å². The summed E-state index contributed by atoms with van der Waals surface area (Å²) in [5, 5.41) is 0. The third-order valence-corrected chi connectivity index (χ3v) is 3.22. The molecule has 0 aromatic heterocycles. The summed E-state index contributed by atoms with van der Waals surface area (Å²) in [4.78, 5) is 0. The molecule has 2 N–H and O–H groups in total. The molecule has 0 aromatic carbocycles. The van der Waals surface area contributed by atoms with Gasteiger partial charge in [0.2, 0.25) is 0 Å². The molecular weight excluding hydrogens is 134 g/mol. The zero-order valence-electron chi connectivity index (χ0n) is 7.84. The minimum atomic E-state index is 0.497. The monoisotopic (exact) mass is 155 g/mol. The van der Waals surface area contributed by atoms with Gasteiger partial charge in [0.1, 0.15) is 0 Å². The minimum Gasteiger partial charge on any atom is -0.327 e. The Hall–Kier alpha value is -0.0400. The Morgan fingerprint density at radius 3 is 2.55 bits per heavy atom. The number of hydrogen-bond donors (Lipinski definition) is 1. The first-order chi connectivity index (χ1) is 5.25. The molecule has 66 valence electrons. The lowest BCUT2D eigenvalue weighted by atomic mass is 9.91. The predicted molar refractivity (Wildman–Crippen MR) is 49.4 cm³/mol. The van der Waals surface area contributed by atoms with E-state index in [1.807, 2.05) is 0 Å². The van der Waals surface area contributed by atoms with Crippen molar-refractivity contribution >= 4 is 0 Å². The standard InChI is InChI=1S/C10H21N/c1-3-4-5-9-6-7-10(11)8(9)2/h8-10H,3-7,11H2,1-2H3. The van der Waals surface area contributed by atoms with Crippen molar-refractivity contribution in [3.05, 3.63) is 0 Å². The lowest BCUT2D eigenvalue weighted by Gasteiger charge is -2.17. The molecule has 1 aliphatic rings. The van der Waals surface area contributed by atoms with E-state index in [0.717, 1.165) is 11.8 Å². The topological polar surface area (TPSA) is 26.0 Å². The second kappa shape index (κ2) is 4.10. The number of rotatable bonds is 3. The van der Waals surface area contributed by atoms with E-state index in [2.05, 4.69) is 13.8 Å². The van der Waals surface area contributed by atoms with Crippen molar-refractivity contribution in [3.8, 4) is 0 Å². The largest absolute Gasteiger partial charge is 0.327 e. The molecule has 0 aromatic rings. The maximum absolute atomic E-state index is 5.94. The van der Waals surface area contributed by atoms with Crippen LogP contribution in [0.25, 0.3) is 0 Å². The van der Waals surface area contributed by atoms with Gasteiger partial charge in [-0.1, -0.05) is 33.1 Å². The van der Waals surface area contributed by atoms with Gasteiger partial charge in [0.05, 0.1) is 0 Å². The lowest BCUT2D eigenvalue weighted by Crippen LogP contribution is -2.24. The fourth-order valence-corrected chi connectivity index (χ4v) is 2.16. The van der Waals surface area contributed by atoms with E-state index in [1.165, 1.54) is 32.1 Å². The fourth-order valence-electron chi connectivity index (χ4n) is 2.16. The molecule has 0 amide bonds. The van der Waals surface area contributed by atoms with Crippen LogP contribution in [0.3, 0.4) is 0 Å². The molecular formula is C10H21N. The van der Waals surface area contributed by atoms with Crippen LogP contribution >= 0.6 is 0 Å². The Balaban J connectivity index is 2.24. The summed E-state index contributed by atoms with van der Waals surface area (Å²) in [6, 6.07) is 0.497. The molecule has 0 spiro atoms. The Morgan fingerprint density at radius 1 is 1.36 bits per heavy atom. The van der Waals surface area contributed by atoms with Gasteiger partial charge in [-0.15, -0.1) is 0 Å². The van der Waals surface area contributed by atoms with Gasteiger partial charge in [0, 0.05) is 6.04 Å². The lowest BCUT2D eigenvalue weighted by molar-refractivity contribution is 0.360. The Bertz CT molecular complexity index is 111. The van der Waals surface area contributed by atoms with Crippen LogP contribution in [0.15, 0.2) is 0 Å². The van der Waals surface area contributed by atoms with E-state index in [4.69, 9.17) is 5.73 Å². The van der Waals surface area contributed by atoms with Crippen molar-refractivity contribution in [1.29, 1.82) is 0 Å². The van der Waals surface area contributed by atoms with Crippen molar-refractivity contribution in [2.75, 3.05) is 0 Å². The highest BCUT2D eigenvalue weighted by atomic mass is 14.7. The van der Waals surface area contributed by atoms with Gasteiger partial charge < -0.3 is 5.73 Å². The van der Waals surface area contributed by atoms with Crippen LogP contribution in [0, 0.1) is 11.8 Å². The second-order valence-electron chi connectivity index (χ2n) is 4.00. The van der Waals surface area contributed by atoms with Crippen molar-refractivity contribution in [1.82, 2.24) is 0 Å². The fraction of sp³-hybridized carbons (Fsp3) is 1.00. The Labute approximate surface area is 70.4 Å². The smallest absolute Gasteiger partial charge is 0.00672 e. The highest BCUT2D eigenvalue weighted by molar-refractivity contribution is 4.84. The summed E-state index contributed by atoms with van der Waals surface area (Å²) in [6.07, 6.45) is 6.77. The van der Waals surface area contributed by atoms with Crippen LogP contribution < -0.4 is 5.73 Å². The number of nitrogens with two attached hydrogens (primary N) is 1. The van der Waals surface area contributed by atoms with Crippen LogP contribution in [0.5, 0.6) is 0 Å². The van der Waals surface area contributed by atoms with E-state index in [-0.39, 0.29) is 0 Å². The molecule has 3 unspecified atom stereocenters. The summed E-state index contributed by atoms with van der Waals surface area (Å²) in [5.74, 6) is 1.71. The summed E-state index contributed by atoms with van der Waals surface area (Å²) in [7, 11) is 0. The average molecular weight is 155 g/mol. The molecule has 1 nitrogen and oxygen atoms in total. The van der Waals surface area contributed by atoms with E-state index in [1.54, 1.807) is 0 Å². The zero-order valence-corrected chi connectivity index (χ0v) is 7.84. The first-order valence-electron chi connectivity index (χ1n) is 5.01. The van der Waals surface area contributed by atoms with Crippen LogP contribution in [0.4, 0.5) is 0 Å². The molecule has 1 fully saturated rings. The number of hydrogen-bond acceptors (Lipinski definition) is 1. The molecule has 1 aliphatic carbocycles. The van der Waals surface area contributed by atoms with E-state index < -0.39 is 0 Å². The van der Waals surface area contributed by atoms with Crippen LogP contribution in [0.2, 0.25) is 0 Å². The van der Waals surface area contributed by atoms with Gasteiger partial charge in [-0.3, -0.25) is 0 Å². The van der Waals surface area contributed by atoms with Crippen LogP contribution in [-0.4, -0.2) is 6.04 Å². The third-order valence-electron chi connectivity index (χ3n) is 3.22. The Morgan fingerprint density at radius 2 is 2.09 bits per heavy atom. The van der Waals surface area contributed by atoms with Gasteiger partial charge >= 0.3 is 0 Å². The highest BCUT2D eigenvalue weighted by Gasteiger charge is 2.29. The van der Waals surface area contributed by atoms with Gasteiger partial charge in [-0.05, 0) is 24.7 Å². The molecule has 11 heavy (non-hydrogen) atoms. The SMILES string of the molecule is CCCCC1CCC(N)C1C. The van der Waals surface area contributed by atoms with Crippen molar-refractivity contribution in [2.45, 2.75) is 52.0 Å². The zero-order chi connectivity index (χ0) is 8.27. The van der Waals surface area contributed by atoms with Crippen molar-refractivity contribution < 1.29 is 0 Å². The molecule has 0 saturated heterocycles. The average Bonchev–Trinajstić information content (AvgIpc) is 2.31. The van der Waals surface area contributed by atoms with E-state index >= 15 is 0 Å². The van der Waals surface area contributed by atoms with E-state index in [9.17, 15) is 0 Å². The maximum atomic E-state index is 5.94. The van der Waals surface area contributed by atoms with Gasteiger partial charge in [-0.25, -0.2) is 0 Å². The summed E-state index contributed by atoms with van der Waals surface area (Å²) >= 11 is 0. The molecule has 0 radical (unpaired) electrons. The quantitative estimate of drug-likeness (QED) is 0.666. The molecule has 0 aliphatic heterocycles. The van der Waals surface area contributed by atoms with Crippen molar-refractivity contribution in [3.63, 3.8) is 0 Å². The maximum Gasteiger partial charge on any atom is 0.00672 e. The molecule has 0 heterocycles. The third kappa shape index (κ3) is 2.19. The summed E-state index contributed by atoms with van der Waals surface area (Å²) < 4.78 is 0. The van der Waals surface area contributed by atoms with Crippen LogP contribution in [-0.2, 0) is 0 Å². The molecule has 1 rings (SSSR count). The molecule has 0 bridgehead atoms. The van der Waals surface area contributed by atoms with Gasteiger partial charge in [0.15, 0.2) is 0 Å². The minimum absolute atomic E-state index is 0.497. The second-order valence-corrected chi connectivity index (χ2v) is 4.00. The Kier molecular flexibility index (Phi) is 3.38. The molecule has 3 atom stereocenters. The van der Waals surface area contributed by atoms with E-state index in [0.29, 0.717) is 6.04 Å². The van der Waals surface area contributed by atoms with Crippen molar-refractivity contribution in [2.24, 2.45) is 17.6 Å². The first-order valence-corrected chi connectivity index (χ1v) is 5.01.